The van der Waals surface area contributed by atoms with E-state index in [-0.39, 0.29) is 17.4 Å². The Kier molecular flexibility index (Phi) is 4.30. The Hall–Kier alpha value is -2.37. The van der Waals surface area contributed by atoms with Crippen molar-refractivity contribution < 1.29 is 9.32 Å². The molecule has 1 aliphatic rings. The monoisotopic (exact) mass is 328 g/mol. The molecule has 1 atom stereocenters. The fourth-order valence-electron chi connectivity index (χ4n) is 2.69. The highest BCUT2D eigenvalue weighted by molar-refractivity contribution is 5.86. The van der Waals surface area contributed by atoms with Crippen LogP contribution >= 0.6 is 0 Å². The molecule has 0 bridgehead atoms. The quantitative estimate of drug-likeness (QED) is 0.934. The smallest absolute Gasteiger partial charge is 0.264 e. The zero-order chi connectivity index (χ0) is 17.3. The molecule has 128 valence electrons. The molecule has 2 heterocycles. The van der Waals surface area contributed by atoms with Crippen molar-refractivity contribution in [1.82, 2.24) is 15.0 Å². The first kappa shape index (κ1) is 16.5. The molecule has 2 aromatic rings. The summed E-state index contributed by atoms with van der Waals surface area (Å²) >= 11 is 0. The number of likely N-dealkylation sites (tertiary alicyclic amines) is 1. The molecule has 6 nitrogen and oxygen atoms in total. The third-order valence-corrected chi connectivity index (χ3v) is 4.16. The topological polar surface area (TPSA) is 71.3 Å². The van der Waals surface area contributed by atoms with Crippen LogP contribution in [0.2, 0.25) is 0 Å². The summed E-state index contributed by atoms with van der Waals surface area (Å²) in [5, 5.41) is 7.03. The van der Waals surface area contributed by atoms with Crippen LogP contribution in [0.1, 0.15) is 44.2 Å². The first-order valence-corrected chi connectivity index (χ1v) is 8.28. The average Bonchev–Trinajstić information content (AvgIpc) is 3.11. The maximum Gasteiger partial charge on any atom is 0.264 e. The van der Waals surface area contributed by atoms with Gasteiger partial charge in [0.05, 0.1) is 0 Å². The van der Waals surface area contributed by atoms with E-state index in [1.165, 1.54) is 5.56 Å². The first-order chi connectivity index (χ1) is 11.3. The molecule has 1 fully saturated rings. The van der Waals surface area contributed by atoms with Crippen molar-refractivity contribution in [2.45, 2.75) is 52.1 Å². The fraction of sp³-hybridized carbons (Fsp3) is 0.500. The van der Waals surface area contributed by atoms with Gasteiger partial charge in [-0.05, 0) is 24.1 Å². The predicted octanol–water partition coefficient (Wildman–Crippen LogP) is 2.89. The number of hydrogen-bond donors (Lipinski definition) is 1. The Morgan fingerprint density at radius 1 is 1.29 bits per heavy atom. The lowest BCUT2D eigenvalue weighted by Gasteiger charge is -2.17. The van der Waals surface area contributed by atoms with E-state index in [1.54, 1.807) is 0 Å². The predicted molar refractivity (Wildman–Crippen MR) is 91.6 cm³/mol. The number of hydrogen-bond acceptors (Lipinski definition) is 5. The van der Waals surface area contributed by atoms with E-state index < -0.39 is 0 Å². The van der Waals surface area contributed by atoms with Crippen LogP contribution in [-0.4, -0.2) is 33.5 Å². The molecule has 0 spiro atoms. The Morgan fingerprint density at radius 3 is 2.62 bits per heavy atom. The van der Waals surface area contributed by atoms with Gasteiger partial charge in [0, 0.05) is 18.5 Å². The number of benzene rings is 1. The van der Waals surface area contributed by atoms with Gasteiger partial charge >= 0.3 is 0 Å². The van der Waals surface area contributed by atoms with Gasteiger partial charge in [-0.15, -0.1) is 0 Å². The molecule has 24 heavy (non-hydrogen) atoms. The Morgan fingerprint density at radius 2 is 2.00 bits per heavy atom. The second-order valence-corrected chi connectivity index (χ2v) is 7.40. The molecule has 1 unspecified atom stereocenters. The standard InChI is InChI=1S/C18H24N4O2/c1-12-5-7-13(8-6-12)11-22-10-9-14(15(22)23)19-17-20-16(24-21-17)18(2,3)4/h5-8,14H,9-11H2,1-4H3,(H,19,21). The highest BCUT2D eigenvalue weighted by atomic mass is 16.5. The van der Waals surface area contributed by atoms with Crippen LogP contribution in [0.25, 0.3) is 0 Å². The Balaban J connectivity index is 1.61. The average molecular weight is 328 g/mol. The van der Waals surface area contributed by atoms with E-state index >= 15 is 0 Å². The molecular weight excluding hydrogens is 304 g/mol. The number of carbonyl (C=O) groups excluding carboxylic acids is 1. The third-order valence-electron chi connectivity index (χ3n) is 4.16. The number of aryl methyl sites for hydroxylation is 1. The van der Waals surface area contributed by atoms with Crippen molar-refractivity contribution >= 4 is 11.9 Å². The highest BCUT2D eigenvalue weighted by Crippen LogP contribution is 2.23. The number of carbonyl (C=O) groups is 1. The zero-order valence-electron chi connectivity index (χ0n) is 14.7. The summed E-state index contributed by atoms with van der Waals surface area (Å²) in [7, 11) is 0. The van der Waals surface area contributed by atoms with E-state index in [0.29, 0.717) is 18.4 Å². The molecule has 0 radical (unpaired) electrons. The number of aromatic nitrogens is 2. The van der Waals surface area contributed by atoms with Crippen molar-refractivity contribution in [3.63, 3.8) is 0 Å². The lowest BCUT2D eigenvalue weighted by Crippen LogP contribution is -2.33. The number of nitrogens with zero attached hydrogens (tertiary/aromatic N) is 3. The number of anilines is 1. The van der Waals surface area contributed by atoms with Crippen molar-refractivity contribution in [1.29, 1.82) is 0 Å². The van der Waals surface area contributed by atoms with Gasteiger partial charge in [0.25, 0.3) is 5.95 Å². The molecule has 0 aliphatic carbocycles. The minimum atomic E-state index is -0.291. The van der Waals surface area contributed by atoms with Crippen molar-refractivity contribution in [2.75, 3.05) is 11.9 Å². The van der Waals surface area contributed by atoms with Gasteiger partial charge in [-0.2, -0.15) is 4.98 Å². The van der Waals surface area contributed by atoms with E-state index in [2.05, 4.69) is 46.6 Å². The molecule has 1 aromatic heterocycles. The van der Waals surface area contributed by atoms with Crippen molar-refractivity contribution in [3.8, 4) is 0 Å². The third kappa shape index (κ3) is 3.58. The minimum absolute atomic E-state index is 0.0812. The second-order valence-electron chi connectivity index (χ2n) is 7.40. The maximum atomic E-state index is 12.6. The van der Waals surface area contributed by atoms with Gasteiger partial charge in [-0.25, -0.2) is 0 Å². The van der Waals surface area contributed by atoms with Crippen LogP contribution in [0.15, 0.2) is 28.8 Å². The maximum absolute atomic E-state index is 12.6. The minimum Gasteiger partial charge on any atom is -0.340 e. The molecule has 1 aliphatic heterocycles. The van der Waals surface area contributed by atoms with Crippen LogP contribution in [0.3, 0.4) is 0 Å². The van der Waals surface area contributed by atoms with Crippen molar-refractivity contribution in [3.05, 3.63) is 41.3 Å². The molecule has 1 amide bonds. The summed E-state index contributed by atoms with van der Waals surface area (Å²) in [4.78, 5) is 18.8. The van der Waals surface area contributed by atoms with Gasteiger partial charge in [0.1, 0.15) is 6.04 Å². The van der Waals surface area contributed by atoms with Crippen LogP contribution in [0.4, 0.5) is 5.95 Å². The second kappa shape index (κ2) is 6.26. The summed E-state index contributed by atoms with van der Waals surface area (Å²) in [6, 6.07) is 7.98. The van der Waals surface area contributed by atoms with Gasteiger partial charge < -0.3 is 14.7 Å². The van der Waals surface area contributed by atoms with Crippen LogP contribution in [0.5, 0.6) is 0 Å². The summed E-state index contributed by atoms with van der Waals surface area (Å²) < 4.78 is 5.26. The summed E-state index contributed by atoms with van der Waals surface area (Å²) in [5.74, 6) is 1.03. The van der Waals surface area contributed by atoms with Crippen LogP contribution in [-0.2, 0) is 16.8 Å². The molecule has 3 rings (SSSR count). The number of rotatable bonds is 4. The molecule has 6 heteroatoms. The molecule has 1 saturated heterocycles. The highest BCUT2D eigenvalue weighted by Gasteiger charge is 2.33. The largest absolute Gasteiger partial charge is 0.340 e. The zero-order valence-corrected chi connectivity index (χ0v) is 14.7. The summed E-state index contributed by atoms with van der Waals surface area (Å²) in [6.45, 7) is 9.45. The van der Waals surface area contributed by atoms with Gasteiger partial charge in [-0.1, -0.05) is 50.6 Å². The van der Waals surface area contributed by atoms with E-state index in [0.717, 1.165) is 18.5 Å². The number of amides is 1. The van der Waals surface area contributed by atoms with E-state index in [4.69, 9.17) is 4.52 Å². The van der Waals surface area contributed by atoms with Crippen LogP contribution in [0, 0.1) is 6.92 Å². The van der Waals surface area contributed by atoms with E-state index in [1.807, 2.05) is 25.7 Å². The van der Waals surface area contributed by atoms with Gasteiger partial charge in [0.2, 0.25) is 11.8 Å². The molecule has 1 aromatic carbocycles. The lowest BCUT2D eigenvalue weighted by molar-refractivity contribution is -0.128. The summed E-state index contributed by atoms with van der Waals surface area (Å²) in [6.07, 6.45) is 0.740. The first-order valence-electron chi connectivity index (χ1n) is 8.28. The van der Waals surface area contributed by atoms with Gasteiger partial charge in [-0.3, -0.25) is 4.79 Å². The van der Waals surface area contributed by atoms with E-state index in [9.17, 15) is 4.79 Å². The Labute approximate surface area is 142 Å². The summed E-state index contributed by atoms with van der Waals surface area (Å²) in [5.41, 5.74) is 2.16. The lowest BCUT2D eigenvalue weighted by atomic mass is 9.97. The molecule has 0 saturated carbocycles. The van der Waals surface area contributed by atoms with Gasteiger partial charge in [0.15, 0.2) is 0 Å². The SMILES string of the molecule is Cc1ccc(CN2CCC(Nc3noc(C(C)(C)C)n3)C2=O)cc1. The Bertz CT molecular complexity index is 715. The normalized spacial score (nSPS) is 18.2. The van der Waals surface area contributed by atoms with Crippen molar-refractivity contribution in [2.24, 2.45) is 0 Å². The van der Waals surface area contributed by atoms with Crippen LogP contribution < -0.4 is 5.32 Å². The molecule has 1 N–H and O–H groups in total. The molecular formula is C18H24N4O2. The fourth-order valence-corrected chi connectivity index (χ4v) is 2.69. The number of nitrogens with one attached hydrogen (secondary N) is 1.